The van der Waals surface area contributed by atoms with Crippen LogP contribution in [0.5, 0.6) is 0 Å². The van der Waals surface area contributed by atoms with E-state index in [0.717, 1.165) is 19.6 Å². The Hall–Kier alpha value is -0.480. The average Bonchev–Trinajstić information content (AvgIpc) is 2.47. The number of ether oxygens (including phenoxy) is 1. The first-order chi connectivity index (χ1) is 9.91. The summed E-state index contributed by atoms with van der Waals surface area (Å²) in [5, 5.41) is 0. The van der Waals surface area contributed by atoms with Gasteiger partial charge in [-0.1, -0.05) is 70.6 Å². The van der Waals surface area contributed by atoms with Crippen molar-refractivity contribution in [2.24, 2.45) is 0 Å². The zero-order chi connectivity index (χ0) is 14.7. The second kappa shape index (κ2) is 18.5. The number of unbranched alkanes of at least 4 members (excludes halogenated alkanes) is 13. The average molecular weight is 280 g/mol. The van der Waals surface area contributed by atoms with Gasteiger partial charge in [-0.2, -0.15) is 0 Å². The molecule has 118 valence electrons. The van der Waals surface area contributed by atoms with Gasteiger partial charge in [-0.3, -0.25) is 0 Å². The second-order valence-corrected chi connectivity index (χ2v) is 5.75. The molecule has 0 saturated carbocycles. The Labute approximate surface area is 127 Å². The van der Waals surface area contributed by atoms with Gasteiger partial charge in [0.2, 0.25) is 0 Å². The molecule has 0 bridgehead atoms. The van der Waals surface area contributed by atoms with Crippen LogP contribution >= 0.6 is 0 Å². The molecule has 0 aliphatic rings. The first kappa shape index (κ1) is 19.5. The molecule has 0 aromatic rings. The number of terminal acetylenes is 1. The summed E-state index contributed by atoms with van der Waals surface area (Å²) in [6, 6.07) is 0. The molecule has 0 aromatic carbocycles. The van der Waals surface area contributed by atoms with Gasteiger partial charge in [0, 0.05) is 19.6 Å². The normalized spacial score (nSPS) is 10.6. The van der Waals surface area contributed by atoms with Crippen molar-refractivity contribution in [3.8, 4) is 12.3 Å². The molecule has 0 rings (SSSR count). The highest BCUT2D eigenvalue weighted by atomic mass is 16.5. The summed E-state index contributed by atoms with van der Waals surface area (Å²) < 4.78 is 5.34. The van der Waals surface area contributed by atoms with Gasteiger partial charge in [-0.25, -0.2) is 0 Å². The molecule has 0 radical (unpaired) electrons. The summed E-state index contributed by atoms with van der Waals surface area (Å²) in [6.45, 7) is 3.89. The smallest absolute Gasteiger partial charge is 0.0465 e. The van der Waals surface area contributed by atoms with Crippen LogP contribution in [-0.4, -0.2) is 13.2 Å². The van der Waals surface area contributed by atoms with E-state index in [1.165, 1.54) is 83.5 Å². The van der Waals surface area contributed by atoms with Crippen molar-refractivity contribution in [1.29, 1.82) is 0 Å². The molecule has 0 fully saturated rings. The minimum Gasteiger partial charge on any atom is -0.382 e. The quantitative estimate of drug-likeness (QED) is 0.244. The Balaban J connectivity index is 2.91. The van der Waals surface area contributed by atoms with Gasteiger partial charge in [0.25, 0.3) is 0 Å². The molecule has 0 spiro atoms. The van der Waals surface area contributed by atoms with Crippen LogP contribution in [0.2, 0.25) is 0 Å². The van der Waals surface area contributed by atoms with Gasteiger partial charge in [-0.05, 0) is 19.8 Å². The summed E-state index contributed by atoms with van der Waals surface area (Å²) >= 11 is 0. The molecule has 0 heterocycles. The van der Waals surface area contributed by atoms with E-state index in [9.17, 15) is 0 Å². The molecule has 0 N–H and O–H groups in total. The zero-order valence-electron chi connectivity index (χ0n) is 13.8. The van der Waals surface area contributed by atoms with Crippen molar-refractivity contribution >= 4 is 0 Å². The minimum absolute atomic E-state index is 0.865. The fourth-order valence-corrected chi connectivity index (χ4v) is 2.52. The molecular formula is C19H36O. The molecule has 20 heavy (non-hydrogen) atoms. The van der Waals surface area contributed by atoms with Crippen molar-refractivity contribution in [2.45, 2.75) is 96.8 Å². The van der Waals surface area contributed by atoms with Crippen molar-refractivity contribution in [2.75, 3.05) is 13.2 Å². The summed E-state index contributed by atoms with van der Waals surface area (Å²) in [5.41, 5.74) is 0. The third-order valence-corrected chi connectivity index (χ3v) is 3.81. The maximum absolute atomic E-state index is 5.34. The SMILES string of the molecule is C#CCCCCCCCCCCCCCCCOCC. The van der Waals surface area contributed by atoms with Crippen LogP contribution in [0.4, 0.5) is 0 Å². The summed E-state index contributed by atoms with van der Waals surface area (Å²) in [6.07, 6.45) is 24.1. The third-order valence-electron chi connectivity index (χ3n) is 3.81. The monoisotopic (exact) mass is 280 g/mol. The van der Waals surface area contributed by atoms with E-state index in [1.54, 1.807) is 0 Å². The summed E-state index contributed by atoms with van der Waals surface area (Å²) in [7, 11) is 0. The lowest BCUT2D eigenvalue weighted by atomic mass is 10.0. The standard InChI is InChI=1S/C19H36O/c1-3-5-6-7-8-9-10-11-12-13-14-15-16-17-18-19-20-4-2/h1H,4-19H2,2H3. The summed E-state index contributed by atoms with van der Waals surface area (Å²) in [4.78, 5) is 0. The van der Waals surface area contributed by atoms with E-state index >= 15 is 0 Å². The Bertz CT molecular complexity index is 204. The Morgan fingerprint density at radius 1 is 0.650 bits per heavy atom. The van der Waals surface area contributed by atoms with Crippen LogP contribution in [-0.2, 0) is 4.74 Å². The predicted molar refractivity (Wildman–Crippen MR) is 90.0 cm³/mol. The highest BCUT2D eigenvalue weighted by molar-refractivity contribution is 4.82. The topological polar surface area (TPSA) is 9.23 Å². The number of hydrogen-bond acceptors (Lipinski definition) is 1. The first-order valence-electron chi connectivity index (χ1n) is 8.93. The van der Waals surface area contributed by atoms with Crippen molar-refractivity contribution in [1.82, 2.24) is 0 Å². The van der Waals surface area contributed by atoms with Crippen molar-refractivity contribution < 1.29 is 4.74 Å². The highest BCUT2D eigenvalue weighted by Crippen LogP contribution is 2.12. The molecule has 0 saturated heterocycles. The van der Waals surface area contributed by atoms with Gasteiger partial charge in [0.15, 0.2) is 0 Å². The largest absolute Gasteiger partial charge is 0.382 e. The van der Waals surface area contributed by atoms with Crippen LogP contribution < -0.4 is 0 Å². The van der Waals surface area contributed by atoms with Gasteiger partial charge in [0.05, 0.1) is 0 Å². The van der Waals surface area contributed by atoms with E-state index < -0.39 is 0 Å². The van der Waals surface area contributed by atoms with Gasteiger partial charge in [-0.15, -0.1) is 12.3 Å². The molecule has 0 aliphatic heterocycles. The molecule has 1 heteroatoms. The highest BCUT2D eigenvalue weighted by Gasteiger charge is 1.94. The molecule has 0 aliphatic carbocycles. The number of hydrogen-bond donors (Lipinski definition) is 0. The minimum atomic E-state index is 0.865. The van der Waals surface area contributed by atoms with Gasteiger partial charge < -0.3 is 4.74 Å². The van der Waals surface area contributed by atoms with E-state index in [4.69, 9.17) is 11.2 Å². The lowest BCUT2D eigenvalue weighted by Crippen LogP contribution is -1.92. The predicted octanol–water partition coefficient (Wildman–Crippen LogP) is 6.12. The molecule has 0 unspecified atom stereocenters. The zero-order valence-corrected chi connectivity index (χ0v) is 13.8. The van der Waals surface area contributed by atoms with Gasteiger partial charge >= 0.3 is 0 Å². The fourth-order valence-electron chi connectivity index (χ4n) is 2.52. The van der Waals surface area contributed by atoms with Crippen LogP contribution in [0, 0.1) is 12.3 Å². The van der Waals surface area contributed by atoms with E-state index in [1.807, 2.05) is 0 Å². The van der Waals surface area contributed by atoms with Crippen LogP contribution in [0.25, 0.3) is 0 Å². The maximum Gasteiger partial charge on any atom is 0.0465 e. The van der Waals surface area contributed by atoms with Crippen LogP contribution in [0.15, 0.2) is 0 Å². The Morgan fingerprint density at radius 3 is 1.45 bits per heavy atom. The molecule has 0 atom stereocenters. The van der Waals surface area contributed by atoms with Crippen LogP contribution in [0.1, 0.15) is 96.8 Å². The van der Waals surface area contributed by atoms with Crippen molar-refractivity contribution in [3.63, 3.8) is 0 Å². The Morgan fingerprint density at radius 2 is 1.05 bits per heavy atom. The third kappa shape index (κ3) is 17.5. The lowest BCUT2D eigenvalue weighted by Gasteiger charge is -2.03. The molecule has 1 nitrogen and oxygen atoms in total. The molecule has 0 amide bonds. The van der Waals surface area contributed by atoms with E-state index in [0.29, 0.717) is 0 Å². The number of rotatable bonds is 16. The van der Waals surface area contributed by atoms with E-state index in [2.05, 4.69) is 12.8 Å². The second-order valence-electron chi connectivity index (χ2n) is 5.75. The van der Waals surface area contributed by atoms with Crippen LogP contribution in [0.3, 0.4) is 0 Å². The lowest BCUT2D eigenvalue weighted by molar-refractivity contribution is 0.143. The molecule has 0 aromatic heterocycles. The van der Waals surface area contributed by atoms with E-state index in [-0.39, 0.29) is 0 Å². The Kier molecular flexibility index (Phi) is 18.1. The fraction of sp³-hybridized carbons (Fsp3) is 0.895. The summed E-state index contributed by atoms with van der Waals surface area (Å²) in [5.74, 6) is 2.71. The van der Waals surface area contributed by atoms with Crippen molar-refractivity contribution in [3.05, 3.63) is 0 Å². The first-order valence-corrected chi connectivity index (χ1v) is 8.93. The van der Waals surface area contributed by atoms with Gasteiger partial charge in [0.1, 0.15) is 0 Å². The maximum atomic E-state index is 5.34. The molecular weight excluding hydrogens is 244 g/mol.